The molecule has 3 aromatic heterocycles. The van der Waals surface area contributed by atoms with Crippen molar-refractivity contribution in [1.29, 1.82) is 0 Å². The van der Waals surface area contributed by atoms with Crippen LogP contribution in [0.15, 0.2) is 37.1 Å². The Hall–Kier alpha value is -2.81. The maximum atomic E-state index is 4.49. The summed E-state index contributed by atoms with van der Waals surface area (Å²) in [5.74, 6) is 3.14. The number of nitrogens with zero attached hydrogens (tertiary/aromatic N) is 9. The summed E-state index contributed by atoms with van der Waals surface area (Å²) >= 11 is 0. The van der Waals surface area contributed by atoms with Crippen molar-refractivity contribution in [2.75, 3.05) is 31.1 Å². The predicted octanol–water partition coefficient (Wildman–Crippen LogP) is 0.359. The number of hydrogen-bond acceptors (Lipinski definition) is 7. The van der Waals surface area contributed by atoms with E-state index in [0.29, 0.717) is 11.8 Å². The lowest BCUT2D eigenvalue weighted by molar-refractivity contribution is 0.305. The summed E-state index contributed by atoms with van der Waals surface area (Å²) < 4.78 is 3.53. The third kappa shape index (κ3) is 2.84. The first-order valence-electron chi connectivity index (χ1n) is 8.89. The smallest absolute Gasteiger partial charge is 0.158 e. The monoisotopic (exact) mass is 351 g/mol. The van der Waals surface area contributed by atoms with Crippen molar-refractivity contribution in [3.63, 3.8) is 0 Å². The molecule has 5 heterocycles. The lowest BCUT2D eigenvalue weighted by atomic mass is 10.0. The molecule has 2 unspecified atom stereocenters. The number of aromatic nitrogens is 7. The molecule has 5 rings (SSSR count). The molecule has 3 aromatic rings. The van der Waals surface area contributed by atoms with Gasteiger partial charge in [-0.25, -0.2) is 14.6 Å². The lowest BCUT2D eigenvalue weighted by Crippen LogP contribution is -2.29. The van der Waals surface area contributed by atoms with Gasteiger partial charge in [-0.1, -0.05) is 5.21 Å². The lowest BCUT2D eigenvalue weighted by Gasteiger charge is -2.21. The van der Waals surface area contributed by atoms with Crippen molar-refractivity contribution >= 4 is 5.82 Å². The Morgan fingerprint density at radius 3 is 2.58 bits per heavy atom. The van der Waals surface area contributed by atoms with Crippen LogP contribution in [0.1, 0.15) is 5.69 Å². The highest BCUT2D eigenvalue weighted by atomic mass is 15.4. The van der Waals surface area contributed by atoms with Gasteiger partial charge in [0.1, 0.15) is 12.1 Å². The van der Waals surface area contributed by atoms with Gasteiger partial charge in [-0.3, -0.25) is 9.58 Å². The zero-order valence-corrected chi connectivity index (χ0v) is 14.7. The highest BCUT2D eigenvalue weighted by Crippen LogP contribution is 2.33. The van der Waals surface area contributed by atoms with Gasteiger partial charge < -0.3 is 4.90 Å². The average Bonchev–Trinajstić information content (AvgIpc) is 3.39. The van der Waals surface area contributed by atoms with Crippen molar-refractivity contribution in [2.24, 2.45) is 18.9 Å². The van der Waals surface area contributed by atoms with Gasteiger partial charge >= 0.3 is 0 Å². The fourth-order valence-corrected chi connectivity index (χ4v) is 4.14. The molecule has 2 atom stereocenters. The van der Waals surface area contributed by atoms with Gasteiger partial charge in [0.05, 0.1) is 5.69 Å². The Labute approximate surface area is 151 Å². The fraction of sp³-hybridized carbons (Fsp3) is 0.471. The Kier molecular flexibility index (Phi) is 3.66. The molecule has 2 aliphatic heterocycles. The van der Waals surface area contributed by atoms with Gasteiger partial charge in [0.2, 0.25) is 0 Å². The van der Waals surface area contributed by atoms with E-state index in [9.17, 15) is 0 Å². The molecular weight excluding hydrogens is 330 g/mol. The van der Waals surface area contributed by atoms with Crippen LogP contribution in [0.4, 0.5) is 5.82 Å². The van der Waals surface area contributed by atoms with Gasteiger partial charge in [0.15, 0.2) is 5.82 Å². The van der Waals surface area contributed by atoms with E-state index in [0.717, 1.165) is 50.1 Å². The average molecular weight is 351 g/mol. The van der Waals surface area contributed by atoms with E-state index in [2.05, 4.69) is 35.2 Å². The van der Waals surface area contributed by atoms with Crippen LogP contribution in [0.5, 0.6) is 0 Å². The number of anilines is 1. The van der Waals surface area contributed by atoms with E-state index >= 15 is 0 Å². The number of aryl methyl sites for hydroxylation is 1. The Bertz CT molecular complexity index is 873. The van der Waals surface area contributed by atoms with Crippen molar-refractivity contribution in [3.8, 4) is 5.82 Å². The highest BCUT2D eigenvalue weighted by Gasteiger charge is 2.40. The molecule has 2 aliphatic rings. The Morgan fingerprint density at radius 1 is 1.08 bits per heavy atom. The molecule has 9 nitrogen and oxygen atoms in total. The molecule has 0 N–H and O–H groups in total. The number of rotatable bonds is 4. The third-order valence-electron chi connectivity index (χ3n) is 5.30. The van der Waals surface area contributed by atoms with Crippen LogP contribution < -0.4 is 4.90 Å². The molecule has 2 saturated heterocycles. The second-order valence-electron chi connectivity index (χ2n) is 7.19. The van der Waals surface area contributed by atoms with Crippen LogP contribution in [-0.2, 0) is 13.6 Å². The predicted molar refractivity (Wildman–Crippen MR) is 94.6 cm³/mol. The largest absolute Gasteiger partial charge is 0.356 e. The highest BCUT2D eigenvalue weighted by molar-refractivity contribution is 5.44. The molecule has 134 valence electrons. The minimum atomic E-state index is 0.676. The maximum absolute atomic E-state index is 4.49. The fourth-order valence-electron chi connectivity index (χ4n) is 4.14. The van der Waals surface area contributed by atoms with Gasteiger partial charge in [0, 0.05) is 64.4 Å². The molecule has 0 radical (unpaired) electrons. The molecule has 0 spiro atoms. The van der Waals surface area contributed by atoms with Crippen LogP contribution in [-0.4, -0.2) is 65.8 Å². The van der Waals surface area contributed by atoms with Gasteiger partial charge in [-0.2, -0.15) is 5.10 Å². The number of likely N-dealkylation sites (tertiary alicyclic amines) is 1. The SMILES string of the molecule is Cn1cc(CN2CC3CN(c4cc(-n5cccn5)ncn4)CC3C2)nn1. The van der Waals surface area contributed by atoms with Crippen LogP contribution in [0.2, 0.25) is 0 Å². The molecule has 0 aromatic carbocycles. The number of fused-ring (bicyclic) bond motifs is 1. The first-order valence-corrected chi connectivity index (χ1v) is 8.89. The van der Waals surface area contributed by atoms with Gasteiger partial charge in [-0.05, 0) is 17.9 Å². The van der Waals surface area contributed by atoms with Crippen LogP contribution >= 0.6 is 0 Å². The van der Waals surface area contributed by atoms with E-state index in [1.54, 1.807) is 21.9 Å². The topological polar surface area (TPSA) is 80.8 Å². The number of hydrogen-bond donors (Lipinski definition) is 0. The maximum Gasteiger partial charge on any atom is 0.158 e. The minimum Gasteiger partial charge on any atom is -0.356 e. The molecule has 26 heavy (non-hydrogen) atoms. The standard InChI is InChI=1S/C17H21N9/c1-23-10-15(21-22-23)11-24-6-13-8-25(9-14(13)7-24)16-5-17(19-12-18-16)26-4-2-3-20-26/h2-5,10,12-14H,6-9,11H2,1H3. The molecule has 0 saturated carbocycles. The summed E-state index contributed by atoms with van der Waals surface area (Å²) in [6.45, 7) is 5.18. The molecular formula is C17H21N9. The van der Waals surface area contributed by atoms with Gasteiger partial charge in [-0.15, -0.1) is 5.10 Å². The summed E-state index contributed by atoms with van der Waals surface area (Å²) in [7, 11) is 1.91. The molecule has 0 amide bonds. The van der Waals surface area contributed by atoms with Crippen molar-refractivity contribution < 1.29 is 0 Å². The Morgan fingerprint density at radius 2 is 1.88 bits per heavy atom. The van der Waals surface area contributed by atoms with Crippen LogP contribution in [0.25, 0.3) is 5.82 Å². The van der Waals surface area contributed by atoms with Crippen molar-refractivity contribution in [3.05, 3.63) is 42.7 Å². The zero-order chi connectivity index (χ0) is 17.5. The zero-order valence-electron chi connectivity index (χ0n) is 14.7. The van der Waals surface area contributed by atoms with Gasteiger partial charge in [0.25, 0.3) is 0 Å². The van der Waals surface area contributed by atoms with Crippen LogP contribution in [0, 0.1) is 11.8 Å². The van der Waals surface area contributed by atoms with Crippen molar-refractivity contribution in [1.82, 2.24) is 39.6 Å². The van der Waals surface area contributed by atoms with E-state index < -0.39 is 0 Å². The molecule has 2 fully saturated rings. The first kappa shape index (κ1) is 15.4. The quantitative estimate of drug-likeness (QED) is 0.671. The van der Waals surface area contributed by atoms with E-state index in [1.807, 2.05) is 31.6 Å². The van der Waals surface area contributed by atoms with Crippen LogP contribution in [0.3, 0.4) is 0 Å². The molecule has 0 bridgehead atoms. The van der Waals surface area contributed by atoms with E-state index in [1.165, 1.54) is 0 Å². The summed E-state index contributed by atoms with van der Waals surface area (Å²) in [5, 5.41) is 12.5. The normalized spacial score (nSPS) is 22.9. The second kappa shape index (κ2) is 6.17. The Balaban J connectivity index is 1.25. The first-order chi connectivity index (χ1) is 12.7. The van der Waals surface area contributed by atoms with E-state index in [-0.39, 0.29) is 0 Å². The van der Waals surface area contributed by atoms with Crippen molar-refractivity contribution in [2.45, 2.75) is 6.54 Å². The third-order valence-corrected chi connectivity index (χ3v) is 5.30. The second-order valence-corrected chi connectivity index (χ2v) is 7.19. The summed E-state index contributed by atoms with van der Waals surface area (Å²) in [4.78, 5) is 13.7. The summed E-state index contributed by atoms with van der Waals surface area (Å²) in [6, 6.07) is 3.92. The van der Waals surface area contributed by atoms with E-state index in [4.69, 9.17) is 0 Å². The molecule has 9 heteroatoms. The summed E-state index contributed by atoms with van der Waals surface area (Å²) in [6.07, 6.45) is 7.28. The summed E-state index contributed by atoms with van der Waals surface area (Å²) in [5.41, 5.74) is 1.05. The molecule has 0 aliphatic carbocycles. The minimum absolute atomic E-state index is 0.676.